The monoisotopic (exact) mass is 249 g/mol. The number of benzene rings is 2. The second-order valence-corrected chi connectivity index (χ2v) is 4.46. The van der Waals surface area contributed by atoms with Gasteiger partial charge < -0.3 is 5.73 Å². The third-order valence-electron chi connectivity index (χ3n) is 3.21. The van der Waals surface area contributed by atoms with Gasteiger partial charge in [-0.15, -0.1) is 0 Å². The molecular formula is C16H15N3. The molecule has 0 aliphatic heterocycles. The van der Waals surface area contributed by atoms with Gasteiger partial charge in [0.2, 0.25) is 0 Å². The molecule has 3 aromatic rings. The highest BCUT2D eigenvalue weighted by Gasteiger charge is 2.13. The van der Waals surface area contributed by atoms with Crippen molar-refractivity contribution in [1.82, 2.24) is 9.78 Å². The second-order valence-electron chi connectivity index (χ2n) is 4.46. The maximum absolute atomic E-state index is 6.19. The zero-order valence-electron chi connectivity index (χ0n) is 10.7. The number of nitrogen functional groups attached to an aromatic ring is 1. The van der Waals surface area contributed by atoms with E-state index in [0.29, 0.717) is 0 Å². The van der Waals surface area contributed by atoms with Crippen LogP contribution in [0.3, 0.4) is 0 Å². The fraction of sp³-hybridized carbons (Fsp3) is 0.0625. The molecule has 19 heavy (non-hydrogen) atoms. The van der Waals surface area contributed by atoms with Crippen LogP contribution in [0.2, 0.25) is 0 Å². The van der Waals surface area contributed by atoms with Crippen molar-refractivity contribution >= 4 is 5.69 Å². The zero-order chi connectivity index (χ0) is 13.2. The van der Waals surface area contributed by atoms with Crippen LogP contribution in [0, 0.1) is 6.92 Å². The van der Waals surface area contributed by atoms with Crippen molar-refractivity contribution in [2.45, 2.75) is 6.92 Å². The van der Waals surface area contributed by atoms with Crippen LogP contribution >= 0.6 is 0 Å². The quantitative estimate of drug-likeness (QED) is 0.756. The first-order chi connectivity index (χ1) is 9.27. The van der Waals surface area contributed by atoms with E-state index in [2.05, 4.69) is 5.10 Å². The van der Waals surface area contributed by atoms with E-state index in [-0.39, 0.29) is 0 Å². The van der Waals surface area contributed by atoms with E-state index >= 15 is 0 Å². The molecule has 0 spiro atoms. The number of hydrogen-bond acceptors (Lipinski definition) is 2. The summed E-state index contributed by atoms with van der Waals surface area (Å²) in [5.41, 5.74) is 10.8. The molecular weight excluding hydrogens is 234 g/mol. The Morgan fingerprint density at radius 2 is 1.47 bits per heavy atom. The summed E-state index contributed by atoms with van der Waals surface area (Å²) in [6, 6.07) is 20.0. The Hall–Kier alpha value is -2.55. The first-order valence-electron chi connectivity index (χ1n) is 6.23. The van der Waals surface area contributed by atoms with Gasteiger partial charge in [0.1, 0.15) is 5.69 Å². The highest BCUT2D eigenvalue weighted by Crippen LogP contribution is 2.28. The highest BCUT2D eigenvalue weighted by atomic mass is 15.3. The van der Waals surface area contributed by atoms with Gasteiger partial charge in [-0.25, -0.2) is 4.68 Å². The summed E-state index contributed by atoms with van der Waals surface area (Å²) in [5, 5.41) is 4.64. The lowest BCUT2D eigenvalue weighted by Gasteiger charge is -2.02. The largest absolute Gasteiger partial charge is 0.395 e. The topological polar surface area (TPSA) is 43.8 Å². The van der Waals surface area contributed by atoms with Crippen molar-refractivity contribution in [3.63, 3.8) is 0 Å². The summed E-state index contributed by atoms with van der Waals surface area (Å²) in [4.78, 5) is 0. The summed E-state index contributed by atoms with van der Waals surface area (Å²) in [5.74, 6) is 0. The van der Waals surface area contributed by atoms with Crippen LogP contribution in [0.15, 0.2) is 60.7 Å². The van der Waals surface area contributed by atoms with Crippen LogP contribution in [-0.4, -0.2) is 9.78 Å². The Kier molecular flexibility index (Phi) is 2.80. The number of hydrogen-bond donors (Lipinski definition) is 1. The molecule has 2 N–H and O–H groups in total. The number of nitrogens with two attached hydrogens (primary N) is 1. The van der Waals surface area contributed by atoms with Crippen LogP contribution < -0.4 is 5.73 Å². The summed E-state index contributed by atoms with van der Waals surface area (Å²) in [7, 11) is 0. The van der Waals surface area contributed by atoms with Gasteiger partial charge in [-0.2, -0.15) is 5.10 Å². The minimum absolute atomic E-state index is 0.732. The average Bonchev–Trinajstić information content (AvgIpc) is 2.77. The Morgan fingerprint density at radius 3 is 2.11 bits per heavy atom. The average molecular weight is 249 g/mol. The predicted octanol–water partition coefficient (Wildman–Crippen LogP) is 3.43. The van der Waals surface area contributed by atoms with Crippen molar-refractivity contribution < 1.29 is 0 Å². The zero-order valence-corrected chi connectivity index (χ0v) is 10.7. The number of anilines is 1. The molecule has 3 nitrogen and oxygen atoms in total. The predicted molar refractivity (Wildman–Crippen MR) is 78.1 cm³/mol. The minimum Gasteiger partial charge on any atom is -0.395 e. The van der Waals surface area contributed by atoms with Crippen molar-refractivity contribution in [3.05, 3.63) is 66.4 Å². The van der Waals surface area contributed by atoms with E-state index in [1.807, 2.05) is 72.3 Å². The van der Waals surface area contributed by atoms with Crippen LogP contribution in [0.4, 0.5) is 5.69 Å². The molecule has 0 atom stereocenters. The fourth-order valence-corrected chi connectivity index (χ4v) is 2.14. The Bertz CT molecular complexity index is 625. The molecule has 0 saturated carbocycles. The van der Waals surface area contributed by atoms with Crippen LogP contribution in [0.1, 0.15) is 5.69 Å². The Balaban J connectivity index is 2.16. The second kappa shape index (κ2) is 4.61. The molecule has 0 amide bonds. The van der Waals surface area contributed by atoms with Crippen molar-refractivity contribution in [2.24, 2.45) is 0 Å². The molecule has 0 bridgehead atoms. The Labute approximate surface area is 112 Å². The standard InChI is InChI=1S/C16H15N3/c1-12-15(17)16(13-8-4-2-5-9-13)18-19(12)14-10-6-3-7-11-14/h2-11H,17H2,1H3. The molecule has 1 aromatic heterocycles. The van der Waals surface area contributed by atoms with Crippen LogP contribution in [0.25, 0.3) is 16.9 Å². The number of para-hydroxylation sites is 1. The molecule has 0 radical (unpaired) electrons. The molecule has 0 unspecified atom stereocenters. The smallest absolute Gasteiger partial charge is 0.116 e. The van der Waals surface area contributed by atoms with Gasteiger partial charge in [0.25, 0.3) is 0 Å². The molecule has 0 aliphatic carbocycles. The first-order valence-corrected chi connectivity index (χ1v) is 6.23. The van der Waals surface area contributed by atoms with Crippen LogP contribution in [0.5, 0.6) is 0 Å². The molecule has 0 saturated heterocycles. The highest BCUT2D eigenvalue weighted by molar-refractivity contribution is 5.74. The van der Waals surface area contributed by atoms with Crippen molar-refractivity contribution in [1.29, 1.82) is 0 Å². The lowest BCUT2D eigenvalue weighted by molar-refractivity contribution is 0.851. The SMILES string of the molecule is Cc1c(N)c(-c2ccccc2)nn1-c1ccccc1. The van der Waals surface area contributed by atoms with Gasteiger partial charge in [-0.05, 0) is 19.1 Å². The van der Waals surface area contributed by atoms with Gasteiger partial charge in [0, 0.05) is 5.56 Å². The van der Waals surface area contributed by atoms with E-state index < -0.39 is 0 Å². The van der Waals surface area contributed by atoms with Gasteiger partial charge in [0.05, 0.1) is 17.1 Å². The fourth-order valence-electron chi connectivity index (χ4n) is 2.14. The van der Waals surface area contributed by atoms with E-state index in [0.717, 1.165) is 28.3 Å². The summed E-state index contributed by atoms with van der Waals surface area (Å²) >= 11 is 0. The Morgan fingerprint density at radius 1 is 0.895 bits per heavy atom. The number of aromatic nitrogens is 2. The number of nitrogens with zero attached hydrogens (tertiary/aromatic N) is 2. The van der Waals surface area contributed by atoms with Crippen LogP contribution in [-0.2, 0) is 0 Å². The molecule has 0 fully saturated rings. The molecule has 3 rings (SSSR count). The third kappa shape index (κ3) is 1.99. The third-order valence-corrected chi connectivity index (χ3v) is 3.21. The van der Waals surface area contributed by atoms with Crippen molar-refractivity contribution in [2.75, 3.05) is 5.73 Å². The first kappa shape index (κ1) is 11.5. The van der Waals surface area contributed by atoms with Gasteiger partial charge in [-0.3, -0.25) is 0 Å². The maximum atomic E-state index is 6.19. The van der Waals surface area contributed by atoms with Gasteiger partial charge in [-0.1, -0.05) is 48.5 Å². The minimum atomic E-state index is 0.732. The molecule has 1 heterocycles. The van der Waals surface area contributed by atoms with E-state index in [9.17, 15) is 0 Å². The lowest BCUT2D eigenvalue weighted by Crippen LogP contribution is -1.98. The molecule has 3 heteroatoms. The van der Waals surface area contributed by atoms with E-state index in [1.165, 1.54) is 0 Å². The van der Waals surface area contributed by atoms with Gasteiger partial charge in [0.15, 0.2) is 0 Å². The maximum Gasteiger partial charge on any atom is 0.116 e. The van der Waals surface area contributed by atoms with Gasteiger partial charge >= 0.3 is 0 Å². The van der Waals surface area contributed by atoms with E-state index in [1.54, 1.807) is 0 Å². The van der Waals surface area contributed by atoms with E-state index in [4.69, 9.17) is 5.73 Å². The lowest BCUT2D eigenvalue weighted by atomic mass is 10.1. The summed E-state index contributed by atoms with van der Waals surface area (Å²) in [6.45, 7) is 1.99. The molecule has 2 aromatic carbocycles. The normalized spacial score (nSPS) is 10.6. The summed E-state index contributed by atoms with van der Waals surface area (Å²) in [6.07, 6.45) is 0. The molecule has 0 aliphatic rings. The van der Waals surface area contributed by atoms with Crippen molar-refractivity contribution in [3.8, 4) is 16.9 Å². The number of rotatable bonds is 2. The molecule has 94 valence electrons. The summed E-state index contributed by atoms with van der Waals surface area (Å²) < 4.78 is 1.89.